The molecule has 37 heavy (non-hydrogen) atoms. The minimum atomic E-state index is -0.107. The first-order valence-electron chi connectivity index (χ1n) is 12.7. The van der Waals surface area contributed by atoms with E-state index in [0.717, 1.165) is 62.4 Å². The number of benzene rings is 3. The van der Waals surface area contributed by atoms with E-state index in [1.807, 2.05) is 36.5 Å². The van der Waals surface area contributed by atoms with E-state index in [9.17, 15) is 4.79 Å². The Morgan fingerprint density at radius 3 is 2.51 bits per heavy atom. The topological polar surface area (TPSA) is 52.2 Å². The van der Waals surface area contributed by atoms with Crippen LogP contribution in [0.2, 0.25) is 0 Å². The Morgan fingerprint density at radius 2 is 1.70 bits per heavy atom. The van der Waals surface area contributed by atoms with Gasteiger partial charge in [0.15, 0.2) is 0 Å². The Labute approximate surface area is 232 Å². The van der Waals surface area contributed by atoms with Crippen LogP contribution in [0.1, 0.15) is 55.0 Å². The molecule has 0 aliphatic heterocycles. The van der Waals surface area contributed by atoms with Gasteiger partial charge in [0, 0.05) is 44.1 Å². The molecule has 6 rings (SSSR count). The molecule has 0 saturated heterocycles. The highest BCUT2D eigenvalue weighted by atomic mass is 79.9. The van der Waals surface area contributed by atoms with Gasteiger partial charge in [0.05, 0.1) is 17.1 Å². The smallest absolute Gasteiger partial charge is 0.282 e. The lowest BCUT2D eigenvalue weighted by molar-refractivity contribution is 0.416. The molecule has 5 nitrogen and oxygen atoms in total. The van der Waals surface area contributed by atoms with E-state index in [0.29, 0.717) is 11.9 Å². The van der Waals surface area contributed by atoms with Crippen molar-refractivity contribution in [1.29, 1.82) is 0 Å². The van der Waals surface area contributed by atoms with E-state index in [4.69, 9.17) is 10.1 Å². The van der Waals surface area contributed by atoms with Crippen LogP contribution in [0.4, 0.5) is 0 Å². The second-order valence-corrected chi connectivity index (χ2v) is 11.4. The summed E-state index contributed by atoms with van der Waals surface area (Å²) in [5.74, 6) is 1.03. The third-order valence-corrected chi connectivity index (χ3v) is 8.47. The van der Waals surface area contributed by atoms with Gasteiger partial charge in [0.1, 0.15) is 5.82 Å². The van der Waals surface area contributed by atoms with Gasteiger partial charge in [0.25, 0.3) is 5.56 Å². The first kappa shape index (κ1) is 24.3. The zero-order valence-corrected chi connectivity index (χ0v) is 23.5. The van der Waals surface area contributed by atoms with Crippen molar-refractivity contribution in [3.05, 3.63) is 109 Å². The number of aromatic nitrogens is 3. The van der Waals surface area contributed by atoms with E-state index < -0.39 is 0 Å². The monoisotopic (exact) mass is 616 g/mol. The van der Waals surface area contributed by atoms with Gasteiger partial charge in [0.2, 0.25) is 0 Å². The number of fused-ring (bicyclic) bond motifs is 2. The molecular weight excluding hydrogens is 592 g/mol. The third-order valence-electron chi connectivity index (χ3n) is 7.24. The quantitative estimate of drug-likeness (QED) is 0.189. The summed E-state index contributed by atoms with van der Waals surface area (Å²) in [7, 11) is 0. The van der Waals surface area contributed by atoms with Crippen molar-refractivity contribution < 1.29 is 0 Å². The molecule has 1 fully saturated rings. The molecule has 2 heterocycles. The molecule has 3 aromatic carbocycles. The molecular formula is C30H26Br2N4O. The van der Waals surface area contributed by atoms with Crippen molar-refractivity contribution in [1.82, 2.24) is 14.2 Å². The Hall–Kier alpha value is -3.03. The molecule has 1 aliphatic carbocycles. The van der Waals surface area contributed by atoms with Crippen LogP contribution in [0.3, 0.4) is 0 Å². The van der Waals surface area contributed by atoms with Crippen molar-refractivity contribution >= 4 is 59.9 Å². The van der Waals surface area contributed by atoms with Crippen molar-refractivity contribution in [2.24, 2.45) is 5.10 Å². The highest BCUT2D eigenvalue weighted by molar-refractivity contribution is 9.11. The molecule has 0 amide bonds. The third kappa shape index (κ3) is 4.82. The minimum absolute atomic E-state index is 0.107. The largest absolute Gasteiger partial charge is 0.342 e. The van der Waals surface area contributed by atoms with Gasteiger partial charge in [-0.1, -0.05) is 87.5 Å². The van der Waals surface area contributed by atoms with Crippen LogP contribution in [0.15, 0.2) is 91.8 Å². The fraction of sp³-hybridized carbons (Fsp3) is 0.233. The SMILES string of the molecule is O=c1c2ccccc2nc(C2CCCCC2)n1N=Cc1cn(Cc2ccc(Br)cc2Br)c2ccccc12. The van der Waals surface area contributed by atoms with Gasteiger partial charge in [-0.3, -0.25) is 4.79 Å². The van der Waals surface area contributed by atoms with Crippen LogP contribution >= 0.6 is 31.9 Å². The predicted octanol–water partition coefficient (Wildman–Crippen LogP) is 7.85. The van der Waals surface area contributed by atoms with Crippen molar-refractivity contribution in [3.63, 3.8) is 0 Å². The predicted molar refractivity (Wildman–Crippen MR) is 158 cm³/mol. The van der Waals surface area contributed by atoms with Gasteiger partial charge < -0.3 is 4.57 Å². The number of para-hydroxylation sites is 2. The van der Waals surface area contributed by atoms with Gasteiger partial charge >= 0.3 is 0 Å². The zero-order valence-electron chi connectivity index (χ0n) is 20.3. The Kier molecular flexibility index (Phi) is 6.82. The van der Waals surface area contributed by atoms with Crippen LogP contribution in [-0.2, 0) is 6.54 Å². The maximum absolute atomic E-state index is 13.6. The summed E-state index contributed by atoms with van der Waals surface area (Å²) < 4.78 is 5.88. The number of nitrogens with zero attached hydrogens (tertiary/aromatic N) is 4. The average Bonchev–Trinajstić information content (AvgIpc) is 3.27. The summed E-state index contributed by atoms with van der Waals surface area (Å²) >= 11 is 7.23. The summed E-state index contributed by atoms with van der Waals surface area (Å²) in [6.45, 7) is 0.715. The van der Waals surface area contributed by atoms with Gasteiger partial charge in [-0.15, -0.1) is 0 Å². The van der Waals surface area contributed by atoms with Crippen molar-refractivity contribution in [2.45, 2.75) is 44.6 Å². The summed E-state index contributed by atoms with van der Waals surface area (Å²) in [5, 5.41) is 6.49. The maximum Gasteiger partial charge on any atom is 0.282 e. The summed E-state index contributed by atoms with van der Waals surface area (Å²) in [4.78, 5) is 18.5. The van der Waals surface area contributed by atoms with Crippen LogP contribution in [0, 0.1) is 0 Å². The molecule has 186 valence electrons. The number of hydrogen-bond donors (Lipinski definition) is 0. The molecule has 1 saturated carbocycles. The highest BCUT2D eigenvalue weighted by Gasteiger charge is 2.22. The molecule has 0 bridgehead atoms. The Bertz CT molecular complexity index is 1700. The summed E-state index contributed by atoms with van der Waals surface area (Å²) in [5.41, 5.74) is 3.91. The Morgan fingerprint density at radius 1 is 0.946 bits per heavy atom. The van der Waals surface area contributed by atoms with Crippen LogP contribution in [0.5, 0.6) is 0 Å². The summed E-state index contributed by atoms with van der Waals surface area (Å²) in [6.07, 6.45) is 9.59. The van der Waals surface area contributed by atoms with E-state index in [2.05, 4.69) is 79.0 Å². The number of hydrogen-bond acceptors (Lipinski definition) is 3. The first-order valence-corrected chi connectivity index (χ1v) is 14.2. The highest BCUT2D eigenvalue weighted by Crippen LogP contribution is 2.32. The number of halogens is 2. The molecule has 5 aromatic rings. The fourth-order valence-corrected chi connectivity index (χ4v) is 6.51. The minimum Gasteiger partial charge on any atom is -0.342 e. The lowest BCUT2D eigenvalue weighted by Gasteiger charge is -2.22. The molecule has 0 spiro atoms. The van der Waals surface area contributed by atoms with Crippen molar-refractivity contribution in [3.8, 4) is 0 Å². The molecule has 7 heteroatoms. The molecule has 0 radical (unpaired) electrons. The molecule has 0 atom stereocenters. The van der Waals surface area contributed by atoms with E-state index in [-0.39, 0.29) is 11.5 Å². The lowest BCUT2D eigenvalue weighted by Crippen LogP contribution is -2.25. The Balaban J connectivity index is 1.44. The molecule has 1 aliphatic rings. The van der Waals surface area contributed by atoms with Gasteiger partial charge in [-0.25, -0.2) is 4.98 Å². The van der Waals surface area contributed by atoms with Crippen LogP contribution in [0.25, 0.3) is 21.8 Å². The van der Waals surface area contributed by atoms with E-state index >= 15 is 0 Å². The van der Waals surface area contributed by atoms with Crippen molar-refractivity contribution in [2.75, 3.05) is 0 Å². The lowest BCUT2D eigenvalue weighted by atomic mass is 9.88. The average molecular weight is 618 g/mol. The molecule has 0 unspecified atom stereocenters. The summed E-state index contributed by atoms with van der Waals surface area (Å²) in [6, 6.07) is 22.1. The standard InChI is InChI=1S/C30H26Br2N4O/c31-23-15-14-21(26(32)16-23)18-35-19-22(24-10-5-7-13-28(24)35)17-33-36-29(20-8-2-1-3-9-20)34-27-12-6-4-11-25(27)30(36)37/h4-7,10-17,19-20H,1-3,8-9,18H2. The normalized spacial score (nSPS) is 14.8. The first-order chi connectivity index (χ1) is 18.1. The molecule has 0 N–H and O–H groups in total. The number of rotatable bonds is 5. The second kappa shape index (κ2) is 10.4. The maximum atomic E-state index is 13.6. The fourth-order valence-electron chi connectivity index (χ4n) is 5.34. The van der Waals surface area contributed by atoms with Gasteiger partial charge in [-0.2, -0.15) is 9.78 Å². The molecule has 2 aromatic heterocycles. The van der Waals surface area contributed by atoms with Gasteiger partial charge in [-0.05, 0) is 48.7 Å². The van der Waals surface area contributed by atoms with E-state index in [1.54, 1.807) is 4.68 Å². The zero-order chi connectivity index (χ0) is 25.4. The second-order valence-electron chi connectivity index (χ2n) is 9.65. The van der Waals surface area contributed by atoms with Crippen LogP contribution in [-0.4, -0.2) is 20.4 Å². The van der Waals surface area contributed by atoms with Crippen LogP contribution < -0.4 is 5.56 Å². The van der Waals surface area contributed by atoms with E-state index in [1.165, 1.54) is 12.0 Å².